The van der Waals surface area contributed by atoms with E-state index in [9.17, 15) is 4.79 Å². The van der Waals surface area contributed by atoms with Crippen molar-refractivity contribution in [3.63, 3.8) is 0 Å². The molecular formula is C15H20O3. The maximum Gasteiger partial charge on any atom is 0.335 e. The number of aliphatic hydroxyl groups excluding tert-OH is 1. The first-order valence-electron chi connectivity index (χ1n) is 6.01. The van der Waals surface area contributed by atoms with Crippen molar-refractivity contribution < 1.29 is 15.0 Å². The van der Waals surface area contributed by atoms with Crippen LogP contribution >= 0.6 is 0 Å². The summed E-state index contributed by atoms with van der Waals surface area (Å²) in [5, 5.41) is 17.4. The highest BCUT2D eigenvalue weighted by Gasteiger charge is 1.98. The Morgan fingerprint density at radius 3 is 2.39 bits per heavy atom. The van der Waals surface area contributed by atoms with Crippen LogP contribution in [0.15, 0.2) is 30.3 Å². The van der Waals surface area contributed by atoms with E-state index in [0.29, 0.717) is 12.0 Å². The molecule has 98 valence electrons. The number of aliphatic hydroxyl groups is 1. The molecule has 0 unspecified atom stereocenters. The molecule has 0 bridgehead atoms. The first-order valence-corrected chi connectivity index (χ1v) is 6.01. The molecule has 0 saturated carbocycles. The molecule has 3 nitrogen and oxygen atoms in total. The summed E-state index contributed by atoms with van der Waals surface area (Å²) in [6.45, 7) is 2.10. The van der Waals surface area contributed by atoms with Crippen LogP contribution in [0, 0.1) is 12.3 Å². The molecule has 1 aromatic carbocycles. The van der Waals surface area contributed by atoms with E-state index in [1.54, 1.807) is 30.3 Å². The van der Waals surface area contributed by atoms with Gasteiger partial charge in [0.2, 0.25) is 0 Å². The van der Waals surface area contributed by atoms with Crippen molar-refractivity contribution in [2.24, 2.45) is 0 Å². The van der Waals surface area contributed by atoms with Crippen molar-refractivity contribution in [1.82, 2.24) is 0 Å². The molecule has 1 aromatic rings. The van der Waals surface area contributed by atoms with Crippen molar-refractivity contribution in [2.75, 3.05) is 0 Å². The smallest absolute Gasteiger partial charge is 0.335 e. The first kappa shape index (κ1) is 16.2. The molecule has 0 aromatic heterocycles. The fourth-order valence-electron chi connectivity index (χ4n) is 1.26. The van der Waals surface area contributed by atoms with Gasteiger partial charge in [0.1, 0.15) is 0 Å². The zero-order chi connectivity index (χ0) is 13.8. The van der Waals surface area contributed by atoms with Gasteiger partial charge in [0.25, 0.3) is 0 Å². The van der Waals surface area contributed by atoms with Gasteiger partial charge in [-0.1, -0.05) is 38.0 Å². The Morgan fingerprint density at radius 2 is 2.00 bits per heavy atom. The van der Waals surface area contributed by atoms with Crippen molar-refractivity contribution in [1.29, 1.82) is 0 Å². The highest BCUT2D eigenvalue weighted by Crippen LogP contribution is 2.02. The Bertz CT molecular complexity index is 365. The fourth-order valence-corrected chi connectivity index (χ4v) is 1.26. The number of carboxylic acid groups (broad SMARTS) is 1. The molecule has 0 spiro atoms. The van der Waals surface area contributed by atoms with Gasteiger partial charge in [-0.25, -0.2) is 4.79 Å². The summed E-state index contributed by atoms with van der Waals surface area (Å²) in [6, 6.07) is 8.30. The summed E-state index contributed by atoms with van der Waals surface area (Å²) in [6.07, 6.45) is 8.27. The van der Waals surface area contributed by atoms with Gasteiger partial charge in [0.05, 0.1) is 11.7 Å². The van der Waals surface area contributed by atoms with Gasteiger partial charge in [0.15, 0.2) is 0 Å². The van der Waals surface area contributed by atoms with Crippen LogP contribution in [0.5, 0.6) is 0 Å². The number of benzene rings is 1. The lowest BCUT2D eigenvalue weighted by atomic mass is 10.1. The number of hydrogen-bond acceptors (Lipinski definition) is 2. The van der Waals surface area contributed by atoms with Crippen LogP contribution in [-0.2, 0) is 0 Å². The maximum absolute atomic E-state index is 10.2. The van der Waals surface area contributed by atoms with Gasteiger partial charge in [0, 0.05) is 6.42 Å². The quantitative estimate of drug-likeness (QED) is 0.788. The summed E-state index contributed by atoms with van der Waals surface area (Å²) < 4.78 is 0. The third-order valence-electron chi connectivity index (χ3n) is 2.27. The standard InChI is InChI=1S/C8H14O.C7H6O2/c1-3-5-7-8(9)6-4-2;8-7(9)6-4-2-1-3-5-6/h2,8-9H,3,5-7H2,1H3;1-5H,(H,8,9)/t8-;/m1./s1. The van der Waals surface area contributed by atoms with Gasteiger partial charge in [-0.05, 0) is 18.6 Å². The van der Waals surface area contributed by atoms with E-state index >= 15 is 0 Å². The highest BCUT2D eigenvalue weighted by molar-refractivity contribution is 5.87. The second-order valence-corrected chi connectivity index (χ2v) is 3.88. The molecule has 1 atom stereocenters. The topological polar surface area (TPSA) is 57.5 Å². The maximum atomic E-state index is 10.2. The van der Waals surface area contributed by atoms with Crippen LogP contribution in [0.1, 0.15) is 43.0 Å². The molecule has 18 heavy (non-hydrogen) atoms. The van der Waals surface area contributed by atoms with Gasteiger partial charge >= 0.3 is 5.97 Å². The third-order valence-corrected chi connectivity index (χ3v) is 2.27. The predicted molar refractivity (Wildman–Crippen MR) is 72.4 cm³/mol. The second kappa shape index (κ2) is 10.4. The van der Waals surface area contributed by atoms with E-state index in [1.807, 2.05) is 0 Å². The average molecular weight is 248 g/mol. The van der Waals surface area contributed by atoms with Gasteiger partial charge in [-0.15, -0.1) is 12.3 Å². The molecule has 2 N–H and O–H groups in total. The molecule has 0 amide bonds. The second-order valence-electron chi connectivity index (χ2n) is 3.88. The number of carbonyl (C=O) groups is 1. The first-order chi connectivity index (χ1) is 8.61. The lowest BCUT2D eigenvalue weighted by molar-refractivity contribution is 0.0697. The van der Waals surface area contributed by atoms with Crippen LogP contribution in [0.25, 0.3) is 0 Å². The van der Waals surface area contributed by atoms with E-state index in [-0.39, 0.29) is 6.10 Å². The summed E-state index contributed by atoms with van der Waals surface area (Å²) in [5.41, 5.74) is 0.331. The largest absolute Gasteiger partial charge is 0.478 e. The highest BCUT2D eigenvalue weighted by atomic mass is 16.4. The number of unbranched alkanes of at least 4 members (excludes halogenated alkanes) is 1. The minimum absolute atomic E-state index is 0.269. The van der Waals surface area contributed by atoms with E-state index < -0.39 is 5.97 Å². The van der Waals surface area contributed by atoms with Crippen LogP contribution in [0.3, 0.4) is 0 Å². The lowest BCUT2D eigenvalue weighted by Crippen LogP contribution is -2.03. The van der Waals surface area contributed by atoms with E-state index in [2.05, 4.69) is 12.8 Å². The summed E-state index contributed by atoms with van der Waals surface area (Å²) in [5.74, 6) is 1.55. The van der Waals surface area contributed by atoms with Crippen molar-refractivity contribution >= 4 is 5.97 Å². The molecule has 0 radical (unpaired) electrons. The van der Waals surface area contributed by atoms with Crippen LogP contribution in [-0.4, -0.2) is 22.3 Å². The monoisotopic (exact) mass is 248 g/mol. The fraction of sp³-hybridized carbons (Fsp3) is 0.400. The van der Waals surface area contributed by atoms with Crippen LogP contribution in [0.4, 0.5) is 0 Å². The molecule has 0 fully saturated rings. The molecule has 0 saturated heterocycles. The SMILES string of the molecule is C#CC[C@@H](O)CCCC.O=C(O)c1ccccc1. The van der Waals surface area contributed by atoms with E-state index in [1.165, 1.54) is 0 Å². The molecule has 3 heteroatoms. The Hall–Kier alpha value is -1.79. The predicted octanol–water partition coefficient (Wildman–Crippen LogP) is 2.95. The molecular weight excluding hydrogens is 228 g/mol. The molecule has 0 aliphatic carbocycles. The van der Waals surface area contributed by atoms with Crippen LogP contribution in [0.2, 0.25) is 0 Å². The Balaban J connectivity index is 0.000000321. The zero-order valence-electron chi connectivity index (χ0n) is 10.7. The molecule has 0 heterocycles. The van der Waals surface area contributed by atoms with Crippen LogP contribution < -0.4 is 0 Å². The Morgan fingerprint density at radius 1 is 1.39 bits per heavy atom. The number of aromatic carboxylic acids is 1. The zero-order valence-corrected chi connectivity index (χ0v) is 10.7. The number of hydrogen-bond donors (Lipinski definition) is 2. The van der Waals surface area contributed by atoms with Gasteiger partial charge in [-0.3, -0.25) is 0 Å². The lowest BCUT2D eigenvalue weighted by Gasteiger charge is -2.03. The third kappa shape index (κ3) is 8.37. The number of rotatable bonds is 5. The number of carboxylic acids is 1. The van der Waals surface area contributed by atoms with Crippen molar-refractivity contribution in [3.8, 4) is 12.3 Å². The minimum Gasteiger partial charge on any atom is -0.478 e. The average Bonchev–Trinajstić information content (AvgIpc) is 2.38. The van der Waals surface area contributed by atoms with E-state index in [4.69, 9.17) is 16.6 Å². The van der Waals surface area contributed by atoms with Gasteiger partial charge in [-0.2, -0.15) is 0 Å². The summed E-state index contributed by atoms with van der Waals surface area (Å²) in [7, 11) is 0. The Kier molecular flexibility index (Phi) is 9.34. The molecule has 0 aliphatic heterocycles. The van der Waals surface area contributed by atoms with Crippen molar-refractivity contribution in [3.05, 3.63) is 35.9 Å². The molecule has 1 rings (SSSR count). The van der Waals surface area contributed by atoms with Gasteiger partial charge < -0.3 is 10.2 Å². The Labute approximate surface area is 108 Å². The summed E-state index contributed by atoms with van der Waals surface area (Å²) >= 11 is 0. The normalized spacial score (nSPS) is 10.7. The summed E-state index contributed by atoms with van der Waals surface area (Å²) in [4.78, 5) is 10.2. The van der Waals surface area contributed by atoms with Crippen molar-refractivity contribution in [2.45, 2.75) is 38.7 Å². The number of terminal acetylenes is 1. The minimum atomic E-state index is -0.879. The molecule has 0 aliphatic rings. The van der Waals surface area contributed by atoms with E-state index in [0.717, 1.165) is 19.3 Å².